The van der Waals surface area contributed by atoms with Gasteiger partial charge in [-0.15, -0.1) is 0 Å². The number of anilines is 1. The van der Waals surface area contributed by atoms with Gasteiger partial charge in [0.2, 0.25) is 15.8 Å². The van der Waals surface area contributed by atoms with E-state index in [1.807, 2.05) is 4.90 Å². The van der Waals surface area contributed by atoms with Crippen molar-refractivity contribution in [2.24, 2.45) is 17.8 Å². The lowest BCUT2D eigenvalue weighted by molar-refractivity contribution is 0.286. The summed E-state index contributed by atoms with van der Waals surface area (Å²) in [5.74, 6) is 1.84. The van der Waals surface area contributed by atoms with E-state index in [2.05, 4.69) is 12.0 Å². The monoisotopic (exact) mass is 534 g/mol. The zero-order valence-corrected chi connectivity index (χ0v) is 22.4. The maximum absolute atomic E-state index is 13.5. The van der Waals surface area contributed by atoms with E-state index in [-0.39, 0.29) is 23.0 Å². The average molecular weight is 535 g/mol. The zero-order valence-electron chi connectivity index (χ0n) is 20.8. The summed E-state index contributed by atoms with van der Waals surface area (Å²) in [7, 11) is -3.29. The minimum absolute atomic E-state index is 0.248. The predicted molar refractivity (Wildman–Crippen MR) is 142 cm³/mol. The van der Waals surface area contributed by atoms with E-state index in [4.69, 9.17) is 16.3 Å². The molecule has 2 aliphatic carbocycles. The van der Waals surface area contributed by atoms with Gasteiger partial charge in [-0.05, 0) is 55.2 Å². The van der Waals surface area contributed by atoms with Crippen LogP contribution in [0.15, 0.2) is 35.3 Å². The van der Waals surface area contributed by atoms with E-state index in [0.717, 1.165) is 32.1 Å². The van der Waals surface area contributed by atoms with Crippen molar-refractivity contribution < 1.29 is 13.2 Å². The minimum Gasteiger partial charge on any atom is -0.486 e. The highest BCUT2D eigenvalue weighted by Crippen LogP contribution is 2.38. The number of halogens is 1. The molecule has 8 nitrogen and oxygen atoms in total. The van der Waals surface area contributed by atoms with Crippen molar-refractivity contribution >= 4 is 27.3 Å². The van der Waals surface area contributed by atoms with Crippen molar-refractivity contribution in [3.8, 4) is 11.4 Å². The third-order valence-electron chi connectivity index (χ3n) is 7.83. The van der Waals surface area contributed by atoms with Gasteiger partial charge in [-0.25, -0.2) is 8.42 Å². The van der Waals surface area contributed by atoms with Crippen LogP contribution in [-0.2, 0) is 10.0 Å². The van der Waals surface area contributed by atoms with E-state index < -0.39 is 10.0 Å². The summed E-state index contributed by atoms with van der Waals surface area (Å²) in [5.41, 5.74) is 0.855. The third kappa shape index (κ3) is 5.73. The lowest BCUT2D eigenvalue weighted by Crippen LogP contribution is -2.50. The lowest BCUT2D eigenvalue weighted by Gasteiger charge is -2.36. The van der Waals surface area contributed by atoms with Crippen molar-refractivity contribution in [1.29, 1.82) is 0 Å². The molecule has 2 atom stereocenters. The van der Waals surface area contributed by atoms with E-state index in [9.17, 15) is 13.2 Å². The summed E-state index contributed by atoms with van der Waals surface area (Å²) in [6.07, 6.45) is 8.24. The Labute approximate surface area is 218 Å². The highest BCUT2D eigenvalue weighted by molar-refractivity contribution is 7.89. The van der Waals surface area contributed by atoms with Crippen LogP contribution < -0.4 is 15.2 Å². The Kier molecular flexibility index (Phi) is 7.60. The Balaban J connectivity index is 1.34. The molecule has 2 heterocycles. The summed E-state index contributed by atoms with van der Waals surface area (Å²) < 4.78 is 35.2. The molecule has 196 valence electrons. The molecule has 3 fully saturated rings. The summed E-state index contributed by atoms with van der Waals surface area (Å²) in [6.45, 7) is 4.43. The number of aromatic nitrogens is 2. The molecule has 2 saturated carbocycles. The van der Waals surface area contributed by atoms with Crippen molar-refractivity contribution in [3.05, 3.63) is 45.8 Å². The van der Waals surface area contributed by atoms with E-state index in [1.54, 1.807) is 34.8 Å². The molecule has 0 spiro atoms. The molecule has 1 aromatic heterocycles. The summed E-state index contributed by atoms with van der Waals surface area (Å²) in [5, 5.41) is 4.94. The first-order valence-corrected chi connectivity index (χ1v) is 15.0. The fourth-order valence-corrected chi connectivity index (χ4v) is 7.41. The molecular formula is C26H35ClN4O4S. The molecule has 2 aromatic rings. The van der Waals surface area contributed by atoms with Crippen molar-refractivity contribution in [2.75, 3.05) is 43.4 Å². The number of piperazine rings is 1. The van der Waals surface area contributed by atoms with Crippen LogP contribution in [0.25, 0.3) is 5.69 Å². The maximum atomic E-state index is 13.5. The first-order valence-electron chi connectivity index (χ1n) is 13.1. The molecule has 0 amide bonds. The first-order chi connectivity index (χ1) is 17.3. The van der Waals surface area contributed by atoms with Gasteiger partial charge in [0.15, 0.2) is 0 Å². The Morgan fingerprint density at radius 2 is 1.83 bits per heavy atom. The second-order valence-corrected chi connectivity index (χ2v) is 13.0. The summed E-state index contributed by atoms with van der Waals surface area (Å²) >= 11 is 6.14. The molecule has 1 saturated heterocycles. The minimum atomic E-state index is -3.29. The van der Waals surface area contributed by atoms with Crippen molar-refractivity contribution in [3.63, 3.8) is 0 Å². The van der Waals surface area contributed by atoms with Gasteiger partial charge >= 0.3 is 5.56 Å². The Morgan fingerprint density at radius 3 is 2.50 bits per heavy atom. The molecule has 0 radical (unpaired) electrons. The van der Waals surface area contributed by atoms with Crippen LogP contribution in [0.1, 0.15) is 45.4 Å². The number of rotatable bonds is 8. The largest absolute Gasteiger partial charge is 0.486 e. The van der Waals surface area contributed by atoms with Crippen LogP contribution in [0.3, 0.4) is 0 Å². The summed E-state index contributed by atoms with van der Waals surface area (Å²) in [6, 6.07) is 7.00. The number of hydrogen-bond donors (Lipinski definition) is 0. The fraction of sp³-hybridized carbons (Fsp3) is 0.615. The number of sulfonamides is 1. The van der Waals surface area contributed by atoms with Crippen molar-refractivity contribution in [2.45, 2.75) is 45.4 Å². The zero-order chi connectivity index (χ0) is 25.3. The Morgan fingerprint density at radius 1 is 1.11 bits per heavy atom. The average Bonchev–Trinajstić information content (AvgIpc) is 3.58. The quantitative estimate of drug-likeness (QED) is 0.510. The topological polar surface area (TPSA) is 84.7 Å². The van der Waals surface area contributed by atoms with E-state index >= 15 is 0 Å². The van der Waals surface area contributed by atoms with Gasteiger partial charge in [0.1, 0.15) is 5.69 Å². The predicted octanol–water partition coefficient (Wildman–Crippen LogP) is 3.95. The molecule has 36 heavy (non-hydrogen) atoms. The number of ether oxygens (including phenoxy) is 1. The van der Waals surface area contributed by atoms with Crippen LogP contribution in [0.2, 0.25) is 5.02 Å². The van der Waals surface area contributed by atoms with Gasteiger partial charge in [0.25, 0.3) is 0 Å². The highest BCUT2D eigenvalue weighted by Gasteiger charge is 2.35. The molecule has 10 heteroatoms. The van der Waals surface area contributed by atoms with Gasteiger partial charge in [-0.2, -0.15) is 14.1 Å². The van der Waals surface area contributed by atoms with Gasteiger partial charge in [0, 0.05) is 31.2 Å². The number of nitrogens with zero attached hydrogens (tertiary/aromatic N) is 4. The fourth-order valence-electron chi connectivity index (χ4n) is 5.37. The lowest BCUT2D eigenvalue weighted by atomic mass is 9.91. The molecule has 2 unspecified atom stereocenters. The molecule has 1 aromatic carbocycles. The summed E-state index contributed by atoms with van der Waals surface area (Å²) in [4.78, 5) is 15.5. The van der Waals surface area contributed by atoms with Gasteiger partial charge in [0.05, 0.1) is 24.2 Å². The van der Waals surface area contributed by atoms with Crippen LogP contribution >= 0.6 is 11.6 Å². The van der Waals surface area contributed by atoms with Gasteiger partial charge < -0.3 is 9.64 Å². The van der Waals surface area contributed by atoms with Crippen LogP contribution in [0.4, 0.5) is 5.69 Å². The smallest absolute Gasteiger partial charge is 0.316 e. The first kappa shape index (κ1) is 25.5. The third-order valence-corrected chi connectivity index (χ3v) is 10.1. The van der Waals surface area contributed by atoms with Gasteiger partial charge in [-0.1, -0.05) is 43.9 Å². The second-order valence-electron chi connectivity index (χ2n) is 10.5. The SMILES string of the molecule is CC1CC1COc1c(N2CCN(S(=O)(=O)CC3CCCCC3)CC2)cnn(-c2cccc(Cl)c2)c1=O. The number of hydrogen-bond acceptors (Lipinski definition) is 6. The Bertz CT molecular complexity index is 1240. The number of benzene rings is 1. The molecule has 3 aliphatic rings. The molecule has 0 bridgehead atoms. The van der Waals surface area contributed by atoms with Crippen LogP contribution in [0.5, 0.6) is 5.75 Å². The molecule has 1 aliphatic heterocycles. The maximum Gasteiger partial charge on any atom is 0.316 e. The highest BCUT2D eigenvalue weighted by atomic mass is 35.5. The van der Waals surface area contributed by atoms with E-state index in [0.29, 0.717) is 61.0 Å². The van der Waals surface area contributed by atoms with Crippen molar-refractivity contribution in [1.82, 2.24) is 14.1 Å². The van der Waals surface area contributed by atoms with Crippen LogP contribution in [0, 0.1) is 17.8 Å². The molecule has 5 rings (SSSR count). The van der Waals surface area contributed by atoms with E-state index in [1.165, 1.54) is 11.1 Å². The Hall–Kier alpha value is -2.10. The van der Waals surface area contributed by atoms with Gasteiger partial charge in [-0.3, -0.25) is 4.79 Å². The normalized spacial score (nSPS) is 23.6. The second kappa shape index (κ2) is 10.7. The standard InChI is InChI=1S/C26H35ClN4O4S/c1-19-14-21(19)17-35-25-24(16-28-31(26(25)32)23-9-5-8-22(27)15-23)29-10-12-30(13-11-29)36(33,34)18-20-6-3-2-4-7-20/h5,8-9,15-16,19-21H,2-4,6-7,10-14,17-18H2,1H3. The van der Waals surface area contributed by atoms with Crippen LogP contribution in [-0.4, -0.2) is 61.0 Å². The molecule has 0 N–H and O–H groups in total. The molecular weight excluding hydrogens is 500 g/mol.